The van der Waals surface area contributed by atoms with E-state index in [4.69, 9.17) is 0 Å². The lowest BCUT2D eigenvalue weighted by atomic mass is 10.2. The summed E-state index contributed by atoms with van der Waals surface area (Å²) in [6.45, 7) is 0.909. The summed E-state index contributed by atoms with van der Waals surface area (Å²) in [7, 11) is 1.75. The highest BCUT2D eigenvalue weighted by atomic mass is 79.9. The monoisotopic (exact) mass is 292 g/mol. The van der Waals surface area contributed by atoms with Crippen LogP contribution in [0, 0.1) is 0 Å². The van der Waals surface area contributed by atoms with E-state index in [1.807, 2.05) is 24.3 Å². The van der Waals surface area contributed by atoms with Crippen molar-refractivity contribution in [2.24, 2.45) is 0 Å². The van der Waals surface area contributed by atoms with Crippen molar-refractivity contribution < 1.29 is 4.79 Å². The molecule has 1 aromatic rings. The Kier molecular flexibility index (Phi) is 7.38. The molecule has 0 spiro atoms. The first kappa shape index (κ1) is 14.4. The van der Waals surface area contributed by atoms with Gasteiger partial charge in [-0.3, -0.25) is 4.79 Å². The van der Waals surface area contributed by atoms with Crippen molar-refractivity contribution >= 4 is 34.2 Å². The van der Waals surface area contributed by atoms with Crippen LogP contribution < -0.4 is 10.6 Å². The first-order valence-corrected chi connectivity index (χ1v) is 5.18. The van der Waals surface area contributed by atoms with E-state index in [0.717, 1.165) is 10.0 Å². The lowest BCUT2D eigenvalue weighted by Gasteiger charge is -2.06. The Morgan fingerprint density at radius 3 is 2.67 bits per heavy atom. The number of halogens is 2. The largest absolute Gasteiger partial charge is 0.351 e. The molecular formula is C10H14BrClN2O. The Morgan fingerprint density at radius 2 is 2.07 bits per heavy atom. The zero-order valence-corrected chi connectivity index (χ0v) is 10.8. The molecule has 0 aliphatic carbocycles. The molecular weight excluding hydrogens is 279 g/mol. The maximum atomic E-state index is 11.1. The predicted octanol–water partition coefficient (Wildman–Crippen LogP) is 1.71. The van der Waals surface area contributed by atoms with Crippen molar-refractivity contribution in [1.82, 2.24) is 10.6 Å². The van der Waals surface area contributed by atoms with Gasteiger partial charge in [-0.05, 0) is 18.7 Å². The minimum atomic E-state index is 0. The molecule has 1 amide bonds. The molecule has 0 aliphatic rings. The molecule has 0 atom stereocenters. The van der Waals surface area contributed by atoms with Gasteiger partial charge < -0.3 is 10.6 Å². The van der Waals surface area contributed by atoms with Gasteiger partial charge in [-0.1, -0.05) is 34.1 Å². The molecule has 84 valence electrons. The molecule has 15 heavy (non-hydrogen) atoms. The number of carbonyl (C=O) groups is 1. The van der Waals surface area contributed by atoms with Crippen LogP contribution in [0.1, 0.15) is 5.56 Å². The van der Waals surface area contributed by atoms with Crippen LogP contribution in [0.2, 0.25) is 0 Å². The third-order valence-corrected chi connectivity index (χ3v) is 2.54. The Hall–Kier alpha value is -0.580. The third kappa shape index (κ3) is 5.16. The molecule has 2 N–H and O–H groups in total. The summed E-state index contributed by atoms with van der Waals surface area (Å²) in [5, 5.41) is 5.60. The molecule has 0 fully saturated rings. The molecule has 1 rings (SSSR count). The first-order chi connectivity index (χ1) is 6.74. The topological polar surface area (TPSA) is 41.1 Å². The molecule has 0 aromatic heterocycles. The van der Waals surface area contributed by atoms with Gasteiger partial charge >= 0.3 is 0 Å². The number of amides is 1. The predicted molar refractivity (Wildman–Crippen MR) is 67.2 cm³/mol. The number of carbonyl (C=O) groups excluding carboxylic acids is 1. The number of rotatable bonds is 4. The summed E-state index contributed by atoms with van der Waals surface area (Å²) in [4.78, 5) is 11.1. The first-order valence-electron chi connectivity index (χ1n) is 4.38. The van der Waals surface area contributed by atoms with E-state index >= 15 is 0 Å². The van der Waals surface area contributed by atoms with Crippen molar-refractivity contribution in [3.05, 3.63) is 34.3 Å². The van der Waals surface area contributed by atoms with Crippen LogP contribution in [0.5, 0.6) is 0 Å². The van der Waals surface area contributed by atoms with Gasteiger partial charge in [0.1, 0.15) is 0 Å². The normalized spacial score (nSPS) is 9.20. The molecule has 0 unspecified atom stereocenters. The maximum absolute atomic E-state index is 11.1. The highest BCUT2D eigenvalue weighted by Crippen LogP contribution is 2.14. The number of hydrogen-bond acceptors (Lipinski definition) is 2. The number of likely N-dealkylation sites (N-methyl/N-ethyl adjacent to an activating group) is 1. The Morgan fingerprint density at radius 1 is 1.40 bits per heavy atom. The fourth-order valence-corrected chi connectivity index (χ4v) is 1.48. The third-order valence-electron chi connectivity index (χ3n) is 1.77. The van der Waals surface area contributed by atoms with Crippen LogP contribution in [0.15, 0.2) is 28.7 Å². The van der Waals surface area contributed by atoms with Crippen LogP contribution in [0.3, 0.4) is 0 Å². The molecule has 0 aliphatic heterocycles. The van der Waals surface area contributed by atoms with Gasteiger partial charge in [-0.15, -0.1) is 12.4 Å². The highest BCUT2D eigenvalue weighted by molar-refractivity contribution is 9.10. The van der Waals surface area contributed by atoms with Gasteiger partial charge in [0.25, 0.3) is 0 Å². The summed E-state index contributed by atoms with van der Waals surface area (Å²) >= 11 is 3.42. The second kappa shape index (κ2) is 7.68. The molecule has 0 saturated heterocycles. The van der Waals surface area contributed by atoms with Crippen molar-refractivity contribution in [2.45, 2.75) is 6.54 Å². The van der Waals surface area contributed by atoms with Gasteiger partial charge in [-0.25, -0.2) is 0 Å². The Labute approximate surface area is 104 Å². The van der Waals surface area contributed by atoms with E-state index in [0.29, 0.717) is 13.1 Å². The van der Waals surface area contributed by atoms with Gasteiger partial charge in [-0.2, -0.15) is 0 Å². The Balaban J connectivity index is 0.00000196. The van der Waals surface area contributed by atoms with E-state index in [1.165, 1.54) is 0 Å². The average molecular weight is 294 g/mol. The smallest absolute Gasteiger partial charge is 0.234 e. The van der Waals surface area contributed by atoms with Crippen LogP contribution >= 0.6 is 28.3 Å². The zero-order valence-electron chi connectivity index (χ0n) is 8.42. The van der Waals surface area contributed by atoms with Crippen molar-refractivity contribution in [2.75, 3.05) is 13.6 Å². The van der Waals surface area contributed by atoms with E-state index in [9.17, 15) is 4.79 Å². The van der Waals surface area contributed by atoms with Gasteiger partial charge in [0.2, 0.25) is 5.91 Å². The van der Waals surface area contributed by atoms with Crippen molar-refractivity contribution in [1.29, 1.82) is 0 Å². The molecule has 3 nitrogen and oxygen atoms in total. The fourth-order valence-electron chi connectivity index (χ4n) is 1.06. The fraction of sp³-hybridized carbons (Fsp3) is 0.300. The SMILES string of the molecule is CNCC(=O)NCc1ccccc1Br.Cl. The van der Waals surface area contributed by atoms with E-state index < -0.39 is 0 Å². The minimum absolute atomic E-state index is 0. The second-order valence-corrected chi connectivity index (χ2v) is 3.75. The molecule has 1 aromatic carbocycles. The molecule has 0 bridgehead atoms. The lowest BCUT2D eigenvalue weighted by molar-refractivity contribution is -0.120. The van der Waals surface area contributed by atoms with Crippen molar-refractivity contribution in [3.8, 4) is 0 Å². The van der Waals surface area contributed by atoms with Gasteiger partial charge in [0.15, 0.2) is 0 Å². The summed E-state index contributed by atoms with van der Waals surface area (Å²) in [6, 6.07) is 7.83. The summed E-state index contributed by atoms with van der Waals surface area (Å²) in [5.74, 6) is 0.00301. The van der Waals surface area contributed by atoms with Crippen LogP contribution in [-0.4, -0.2) is 19.5 Å². The molecule has 0 heterocycles. The molecule has 0 radical (unpaired) electrons. The average Bonchev–Trinajstić information content (AvgIpc) is 2.17. The lowest BCUT2D eigenvalue weighted by Crippen LogP contribution is -2.31. The summed E-state index contributed by atoms with van der Waals surface area (Å²) in [6.07, 6.45) is 0. The standard InChI is InChI=1S/C10H13BrN2O.ClH/c1-12-7-10(14)13-6-8-4-2-3-5-9(8)11;/h2-5,12H,6-7H2,1H3,(H,13,14);1H. The summed E-state index contributed by atoms with van der Waals surface area (Å²) < 4.78 is 1.02. The van der Waals surface area contributed by atoms with E-state index in [-0.39, 0.29) is 18.3 Å². The number of benzene rings is 1. The quantitative estimate of drug-likeness (QED) is 0.887. The van der Waals surface area contributed by atoms with Crippen LogP contribution in [-0.2, 0) is 11.3 Å². The Bertz CT molecular complexity index is 320. The van der Waals surface area contributed by atoms with E-state index in [1.54, 1.807) is 7.05 Å². The summed E-state index contributed by atoms with van der Waals surface area (Å²) in [5.41, 5.74) is 1.08. The van der Waals surface area contributed by atoms with Gasteiger partial charge in [0.05, 0.1) is 6.54 Å². The maximum Gasteiger partial charge on any atom is 0.234 e. The highest BCUT2D eigenvalue weighted by Gasteiger charge is 2.01. The number of hydrogen-bond donors (Lipinski definition) is 2. The second-order valence-electron chi connectivity index (χ2n) is 2.90. The van der Waals surface area contributed by atoms with Gasteiger partial charge in [0, 0.05) is 11.0 Å². The molecule has 5 heteroatoms. The van der Waals surface area contributed by atoms with Crippen molar-refractivity contribution in [3.63, 3.8) is 0 Å². The molecule has 0 saturated carbocycles. The number of nitrogens with one attached hydrogen (secondary N) is 2. The van der Waals surface area contributed by atoms with Crippen LogP contribution in [0.4, 0.5) is 0 Å². The van der Waals surface area contributed by atoms with Crippen LogP contribution in [0.25, 0.3) is 0 Å². The van der Waals surface area contributed by atoms with E-state index in [2.05, 4.69) is 26.6 Å². The minimum Gasteiger partial charge on any atom is -0.351 e. The zero-order chi connectivity index (χ0) is 10.4.